The first-order valence-electron chi connectivity index (χ1n) is 5.77. The van der Waals surface area contributed by atoms with Gasteiger partial charge in [-0.1, -0.05) is 13.8 Å². The average Bonchev–Trinajstić information content (AvgIpc) is 2.79. The predicted octanol–water partition coefficient (Wildman–Crippen LogP) is 2.14. The molecular weight excluding hydrogens is 220 g/mol. The second-order valence-electron chi connectivity index (χ2n) is 3.82. The van der Waals surface area contributed by atoms with Crippen molar-refractivity contribution >= 4 is 17.2 Å². The monoisotopic (exact) mass is 240 g/mol. The standard InChI is InChI=1S/C12H20N2OS/c1-3-11(4-2)14-12(15)8-13-7-10-5-6-16-9-10/h5-6,9,11,13H,3-4,7-8H2,1-2H3,(H,14,15). The molecule has 1 aromatic rings. The maximum atomic E-state index is 11.5. The van der Waals surface area contributed by atoms with Gasteiger partial charge in [0, 0.05) is 12.6 Å². The summed E-state index contributed by atoms with van der Waals surface area (Å²) in [6.07, 6.45) is 1.99. The Kier molecular flexibility index (Phi) is 6.11. The van der Waals surface area contributed by atoms with Crippen molar-refractivity contribution in [2.45, 2.75) is 39.3 Å². The van der Waals surface area contributed by atoms with Gasteiger partial charge >= 0.3 is 0 Å². The van der Waals surface area contributed by atoms with E-state index in [4.69, 9.17) is 0 Å². The zero-order valence-corrected chi connectivity index (χ0v) is 10.8. The number of amides is 1. The molecule has 4 heteroatoms. The van der Waals surface area contributed by atoms with Gasteiger partial charge in [0.2, 0.25) is 5.91 Å². The minimum Gasteiger partial charge on any atom is -0.352 e. The largest absolute Gasteiger partial charge is 0.352 e. The Balaban J connectivity index is 2.15. The normalized spacial score (nSPS) is 10.7. The highest BCUT2D eigenvalue weighted by Gasteiger charge is 2.07. The molecule has 0 bridgehead atoms. The average molecular weight is 240 g/mol. The molecule has 0 saturated heterocycles. The molecule has 0 radical (unpaired) electrons. The Morgan fingerprint density at radius 3 is 2.75 bits per heavy atom. The van der Waals surface area contributed by atoms with Crippen molar-refractivity contribution in [2.75, 3.05) is 6.54 Å². The summed E-state index contributed by atoms with van der Waals surface area (Å²) in [6.45, 7) is 5.34. The summed E-state index contributed by atoms with van der Waals surface area (Å²) >= 11 is 1.68. The summed E-state index contributed by atoms with van der Waals surface area (Å²) in [4.78, 5) is 11.5. The van der Waals surface area contributed by atoms with Gasteiger partial charge in [-0.15, -0.1) is 0 Å². The van der Waals surface area contributed by atoms with E-state index < -0.39 is 0 Å². The van der Waals surface area contributed by atoms with E-state index in [1.807, 2.05) is 5.38 Å². The molecule has 0 fully saturated rings. The topological polar surface area (TPSA) is 41.1 Å². The highest BCUT2D eigenvalue weighted by atomic mass is 32.1. The SMILES string of the molecule is CCC(CC)NC(=O)CNCc1ccsc1. The van der Waals surface area contributed by atoms with Gasteiger partial charge in [-0.05, 0) is 35.2 Å². The molecule has 16 heavy (non-hydrogen) atoms. The van der Waals surface area contributed by atoms with Crippen molar-refractivity contribution in [1.29, 1.82) is 0 Å². The molecule has 0 aliphatic heterocycles. The van der Waals surface area contributed by atoms with E-state index in [1.54, 1.807) is 11.3 Å². The maximum absolute atomic E-state index is 11.5. The molecule has 0 unspecified atom stereocenters. The van der Waals surface area contributed by atoms with Crippen LogP contribution in [0.15, 0.2) is 16.8 Å². The fourth-order valence-electron chi connectivity index (χ4n) is 1.49. The van der Waals surface area contributed by atoms with Gasteiger partial charge in [-0.3, -0.25) is 4.79 Å². The quantitative estimate of drug-likeness (QED) is 0.766. The Morgan fingerprint density at radius 2 is 2.19 bits per heavy atom. The van der Waals surface area contributed by atoms with Crippen LogP contribution in [0.1, 0.15) is 32.3 Å². The lowest BCUT2D eigenvalue weighted by atomic mass is 10.2. The number of rotatable bonds is 7. The Bertz CT molecular complexity index is 294. The molecule has 0 aromatic carbocycles. The molecule has 0 spiro atoms. The lowest BCUT2D eigenvalue weighted by molar-refractivity contribution is -0.121. The van der Waals surface area contributed by atoms with Gasteiger partial charge in [-0.25, -0.2) is 0 Å². The molecule has 1 rings (SSSR count). The lowest BCUT2D eigenvalue weighted by Gasteiger charge is -2.14. The molecule has 1 aromatic heterocycles. The Labute approximate surface area is 101 Å². The number of carbonyl (C=O) groups excluding carboxylic acids is 1. The van der Waals surface area contributed by atoms with Crippen LogP contribution in [-0.2, 0) is 11.3 Å². The van der Waals surface area contributed by atoms with E-state index in [-0.39, 0.29) is 5.91 Å². The molecule has 90 valence electrons. The third kappa shape index (κ3) is 4.77. The number of hydrogen-bond acceptors (Lipinski definition) is 3. The summed E-state index contributed by atoms with van der Waals surface area (Å²) in [5.41, 5.74) is 1.24. The van der Waals surface area contributed by atoms with E-state index in [1.165, 1.54) is 5.56 Å². The van der Waals surface area contributed by atoms with Crippen LogP contribution in [0.2, 0.25) is 0 Å². The van der Waals surface area contributed by atoms with E-state index in [2.05, 4.69) is 35.9 Å². The van der Waals surface area contributed by atoms with Gasteiger partial charge in [0.05, 0.1) is 6.54 Å². The van der Waals surface area contributed by atoms with Crippen molar-refractivity contribution in [2.24, 2.45) is 0 Å². The van der Waals surface area contributed by atoms with Crippen LogP contribution >= 0.6 is 11.3 Å². The van der Waals surface area contributed by atoms with Gasteiger partial charge < -0.3 is 10.6 Å². The van der Waals surface area contributed by atoms with Crippen LogP contribution in [-0.4, -0.2) is 18.5 Å². The van der Waals surface area contributed by atoms with Crippen molar-refractivity contribution in [1.82, 2.24) is 10.6 Å². The number of thiophene rings is 1. The number of hydrogen-bond donors (Lipinski definition) is 2. The summed E-state index contributed by atoms with van der Waals surface area (Å²) in [7, 11) is 0. The van der Waals surface area contributed by atoms with Gasteiger partial charge in [-0.2, -0.15) is 11.3 Å². The van der Waals surface area contributed by atoms with Gasteiger partial charge in [0.25, 0.3) is 0 Å². The third-order valence-electron chi connectivity index (χ3n) is 2.55. The molecule has 2 N–H and O–H groups in total. The first-order chi connectivity index (χ1) is 7.76. The van der Waals surface area contributed by atoms with Crippen LogP contribution in [0.5, 0.6) is 0 Å². The zero-order chi connectivity index (χ0) is 11.8. The van der Waals surface area contributed by atoms with E-state index in [0.29, 0.717) is 12.6 Å². The van der Waals surface area contributed by atoms with Crippen molar-refractivity contribution in [3.05, 3.63) is 22.4 Å². The fourth-order valence-corrected chi connectivity index (χ4v) is 2.15. The smallest absolute Gasteiger partial charge is 0.234 e. The number of carbonyl (C=O) groups is 1. The van der Waals surface area contributed by atoms with Gasteiger partial charge in [0.15, 0.2) is 0 Å². The molecule has 0 atom stereocenters. The molecule has 3 nitrogen and oxygen atoms in total. The predicted molar refractivity (Wildman–Crippen MR) is 68.5 cm³/mol. The molecule has 0 saturated carbocycles. The second-order valence-corrected chi connectivity index (χ2v) is 4.60. The van der Waals surface area contributed by atoms with E-state index in [9.17, 15) is 4.79 Å². The fraction of sp³-hybridized carbons (Fsp3) is 0.583. The molecule has 1 heterocycles. The van der Waals surface area contributed by atoms with E-state index in [0.717, 1.165) is 19.4 Å². The van der Waals surface area contributed by atoms with Gasteiger partial charge in [0.1, 0.15) is 0 Å². The minimum absolute atomic E-state index is 0.0870. The van der Waals surface area contributed by atoms with Crippen LogP contribution in [0.25, 0.3) is 0 Å². The van der Waals surface area contributed by atoms with Crippen LogP contribution in [0.3, 0.4) is 0 Å². The van der Waals surface area contributed by atoms with Crippen molar-refractivity contribution in [3.8, 4) is 0 Å². The molecule has 1 amide bonds. The minimum atomic E-state index is 0.0870. The summed E-state index contributed by atoms with van der Waals surface area (Å²) in [6, 6.07) is 2.38. The molecular formula is C12H20N2OS. The highest BCUT2D eigenvalue weighted by Crippen LogP contribution is 2.04. The Hall–Kier alpha value is -0.870. The maximum Gasteiger partial charge on any atom is 0.234 e. The Morgan fingerprint density at radius 1 is 1.44 bits per heavy atom. The second kappa shape index (κ2) is 7.41. The van der Waals surface area contributed by atoms with Crippen LogP contribution in [0.4, 0.5) is 0 Å². The third-order valence-corrected chi connectivity index (χ3v) is 3.28. The number of nitrogens with one attached hydrogen (secondary N) is 2. The molecule has 0 aliphatic rings. The lowest BCUT2D eigenvalue weighted by Crippen LogP contribution is -2.39. The van der Waals surface area contributed by atoms with Crippen LogP contribution in [0, 0.1) is 0 Å². The summed E-state index contributed by atoms with van der Waals surface area (Å²) < 4.78 is 0. The van der Waals surface area contributed by atoms with Crippen molar-refractivity contribution < 1.29 is 4.79 Å². The zero-order valence-electron chi connectivity index (χ0n) is 9.95. The summed E-state index contributed by atoms with van der Waals surface area (Å²) in [5.74, 6) is 0.0870. The summed E-state index contributed by atoms with van der Waals surface area (Å²) in [5, 5.41) is 10.3. The van der Waals surface area contributed by atoms with Crippen LogP contribution < -0.4 is 10.6 Å². The first kappa shape index (κ1) is 13.2. The highest BCUT2D eigenvalue weighted by molar-refractivity contribution is 7.07. The van der Waals surface area contributed by atoms with E-state index >= 15 is 0 Å². The van der Waals surface area contributed by atoms with Crippen molar-refractivity contribution in [3.63, 3.8) is 0 Å². The molecule has 0 aliphatic carbocycles. The first-order valence-corrected chi connectivity index (χ1v) is 6.71.